The van der Waals surface area contributed by atoms with Gasteiger partial charge in [-0.25, -0.2) is 4.39 Å². The fraction of sp³-hybridized carbons (Fsp3) is 0.333. The number of rotatable bonds is 6. The number of benzene rings is 1. The second-order valence-electron chi connectivity index (χ2n) is 4.54. The van der Waals surface area contributed by atoms with Crippen LogP contribution >= 0.6 is 11.3 Å². The molecule has 2 aromatic rings. The molecule has 0 fully saturated rings. The summed E-state index contributed by atoms with van der Waals surface area (Å²) in [5, 5.41) is 4.05. The van der Waals surface area contributed by atoms with E-state index in [2.05, 4.69) is 0 Å². The lowest BCUT2D eigenvalue weighted by molar-refractivity contribution is 0.302. The topological polar surface area (TPSA) is 35.2 Å². The molecule has 2 N–H and O–H groups in total. The summed E-state index contributed by atoms with van der Waals surface area (Å²) < 4.78 is 19.1. The predicted octanol–water partition coefficient (Wildman–Crippen LogP) is 3.75. The first-order chi connectivity index (χ1) is 9.19. The van der Waals surface area contributed by atoms with Gasteiger partial charge < -0.3 is 10.5 Å². The Morgan fingerprint density at radius 1 is 1.37 bits per heavy atom. The van der Waals surface area contributed by atoms with E-state index in [9.17, 15) is 4.39 Å². The summed E-state index contributed by atoms with van der Waals surface area (Å²) in [5.41, 5.74) is 7.90. The molecule has 0 saturated carbocycles. The highest BCUT2D eigenvalue weighted by Gasteiger charge is 2.09. The van der Waals surface area contributed by atoms with Gasteiger partial charge in [0.25, 0.3) is 0 Å². The van der Waals surface area contributed by atoms with Crippen molar-refractivity contribution in [2.75, 3.05) is 0 Å². The first-order valence-corrected chi connectivity index (χ1v) is 7.31. The third-order valence-electron chi connectivity index (χ3n) is 3.00. The smallest absolute Gasteiger partial charge is 0.123 e. The van der Waals surface area contributed by atoms with Crippen LogP contribution in [0.2, 0.25) is 0 Å². The molecule has 0 radical (unpaired) electrons. The fourth-order valence-corrected chi connectivity index (χ4v) is 2.46. The Morgan fingerprint density at radius 3 is 2.89 bits per heavy atom. The second-order valence-corrected chi connectivity index (χ2v) is 5.32. The molecule has 2 nitrogen and oxygen atoms in total. The maximum atomic E-state index is 13.3. The van der Waals surface area contributed by atoms with Gasteiger partial charge in [-0.2, -0.15) is 11.3 Å². The van der Waals surface area contributed by atoms with Crippen LogP contribution in [0.4, 0.5) is 4.39 Å². The molecule has 102 valence electrons. The van der Waals surface area contributed by atoms with Gasteiger partial charge in [0.05, 0.1) is 0 Å². The van der Waals surface area contributed by atoms with Crippen molar-refractivity contribution in [2.24, 2.45) is 5.73 Å². The van der Waals surface area contributed by atoms with Gasteiger partial charge in [0, 0.05) is 6.04 Å². The molecule has 0 aliphatic rings. The number of thiophene rings is 1. The molecule has 2 rings (SSSR count). The van der Waals surface area contributed by atoms with E-state index in [0.29, 0.717) is 13.0 Å². The van der Waals surface area contributed by atoms with E-state index in [-0.39, 0.29) is 11.9 Å². The minimum absolute atomic E-state index is 0.0327. The van der Waals surface area contributed by atoms with E-state index < -0.39 is 0 Å². The van der Waals surface area contributed by atoms with Crippen molar-refractivity contribution >= 4 is 11.3 Å². The predicted molar refractivity (Wildman–Crippen MR) is 77.0 cm³/mol. The molecule has 0 bridgehead atoms. The number of ether oxygens (including phenoxy) is 1. The average molecular weight is 279 g/mol. The van der Waals surface area contributed by atoms with Gasteiger partial charge in [-0.05, 0) is 59.0 Å². The van der Waals surface area contributed by atoms with Crippen LogP contribution in [-0.2, 0) is 13.0 Å². The normalized spacial score (nSPS) is 12.4. The van der Waals surface area contributed by atoms with Crippen molar-refractivity contribution < 1.29 is 9.13 Å². The van der Waals surface area contributed by atoms with Gasteiger partial charge in [-0.15, -0.1) is 0 Å². The number of halogens is 1. The lowest BCUT2D eigenvalue weighted by Gasteiger charge is -2.14. The summed E-state index contributed by atoms with van der Waals surface area (Å²) in [6.45, 7) is 2.53. The van der Waals surface area contributed by atoms with E-state index in [4.69, 9.17) is 10.5 Å². The van der Waals surface area contributed by atoms with Gasteiger partial charge in [0.2, 0.25) is 0 Å². The van der Waals surface area contributed by atoms with Crippen LogP contribution in [0.1, 0.15) is 24.5 Å². The van der Waals surface area contributed by atoms with Crippen molar-refractivity contribution in [1.82, 2.24) is 0 Å². The molecule has 4 heteroatoms. The van der Waals surface area contributed by atoms with E-state index in [1.165, 1.54) is 12.1 Å². The van der Waals surface area contributed by atoms with E-state index in [0.717, 1.165) is 23.3 Å². The van der Waals surface area contributed by atoms with Crippen LogP contribution in [-0.4, -0.2) is 6.04 Å². The Hall–Kier alpha value is -1.39. The standard InChI is InChI=1S/C15H18FNOS/c1-2-14(17)8-12-7-13(16)3-4-15(12)18-9-11-5-6-19-10-11/h3-7,10,14H,2,8-9,17H2,1H3. The molecule has 1 atom stereocenters. The Labute approximate surface area is 117 Å². The van der Waals surface area contributed by atoms with Crippen LogP contribution in [0.3, 0.4) is 0 Å². The van der Waals surface area contributed by atoms with Crippen molar-refractivity contribution in [2.45, 2.75) is 32.4 Å². The maximum absolute atomic E-state index is 13.3. The van der Waals surface area contributed by atoms with E-state index >= 15 is 0 Å². The van der Waals surface area contributed by atoms with Crippen LogP contribution in [0.15, 0.2) is 35.0 Å². The van der Waals surface area contributed by atoms with E-state index in [1.54, 1.807) is 17.4 Å². The van der Waals surface area contributed by atoms with Gasteiger partial charge in [-0.3, -0.25) is 0 Å². The number of hydrogen-bond acceptors (Lipinski definition) is 3. The van der Waals surface area contributed by atoms with Gasteiger partial charge >= 0.3 is 0 Å². The SMILES string of the molecule is CCC(N)Cc1cc(F)ccc1OCc1ccsc1. The van der Waals surface area contributed by atoms with Crippen molar-refractivity contribution in [3.05, 3.63) is 52.0 Å². The van der Waals surface area contributed by atoms with Crippen LogP contribution < -0.4 is 10.5 Å². The average Bonchev–Trinajstić information content (AvgIpc) is 2.91. The van der Waals surface area contributed by atoms with Crippen molar-refractivity contribution in [1.29, 1.82) is 0 Å². The summed E-state index contributed by atoms with van der Waals surface area (Å²) in [4.78, 5) is 0. The third-order valence-corrected chi connectivity index (χ3v) is 3.74. The fourth-order valence-electron chi connectivity index (χ4n) is 1.81. The van der Waals surface area contributed by atoms with E-state index in [1.807, 2.05) is 23.8 Å². The molecule has 0 spiro atoms. The first-order valence-electron chi connectivity index (χ1n) is 6.37. The molecule has 1 heterocycles. The second kappa shape index (κ2) is 6.68. The molecule has 1 aromatic carbocycles. The number of hydrogen-bond donors (Lipinski definition) is 1. The summed E-state index contributed by atoms with van der Waals surface area (Å²) in [7, 11) is 0. The zero-order chi connectivity index (χ0) is 13.7. The third kappa shape index (κ3) is 4.04. The van der Waals surface area contributed by atoms with Crippen molar-refractivity contribution in [3.63, 3.8) is 0 Å². The molecule has 19 heavy (non-hydrogen) atoms. The minimum Gasteiger partial charge on any atom is -0.489 e. The zero-order valence-corrected chi connectivity index (χ0v) is 11.8. The molecule has 0 aliphatic heterocycles. The lowest BCUT2D eigenvalue weighted by Crippen LogP contribution is -2.21. The molecule has 0 saturated heterocycles. The molecule has 1 unspecified atom stereocenters. The quantitative estimate of drug-likeness (QED) is 0.874. The zero-order valence-electron chi connectivity index (χ0n) is 10.9. The Kier molecular flexibility index (Phi) is 4.93. The van der Waals surface area contributed by atoms with Crippen LogP contribution in [0.5, 0.6) is 5.75 Å². The summed E-state index contributed by atoms with van der Waals surface area (Å²) in [6.07, 6.45) is 1.49. The molecular weight excluding hydrogens is 261 g/mol. The Bertz CT molecular complexity index is 513. The number of nitrogens with two attached hydrogens (primary N) is 1. The summed E-state index contributed by atoms with van der Waals surface area (Å²) in [6, 6.07) is 6.67. The molecule has 0 amide bonds. The van der Waals surface area contributed by atoms with Crippen LogP contribution in [0, 0.1) is 5.82 Å². The molecular formula is C15H18FNOS. The van der Waals surface area contributed by atoms with Gasteiger partial charge in [-0.1, -0.05) is 6.92 Å². The summed E-state index contributed by atoms with van der Waals surface area (Å²) in [5.74, 6) is 0.470. The van der Waals surface area contributed by atoms with Gasteiger partial charge in [0.1, 0.15) is 18.2 Å². The molecule has 0 aliphatic carbocycles. The van der Waals surface area contributed by atoms with Gasteiger partial charge in [0.15, 0.2) is 0 Å². The maximum Gasteiger partial charge on any atom is 0.123 e. The Balaban J connectivity index is 2.09. The van der Waals surface area contributed by atoms with Crippen LogP contribution in [0.25, 0.3) is 0 Å². The monoisotopic (exact) mass is 279 g/mol. The molecule has 1 aromatic heterocycles. The lowest BCUT2D eigenvalue weighted by atomic mass is 10.0. The highest BCUT2D eigenvalue weighted by atomic mass is 32.1. The minimum atomic E-state index is -0.249. The summed E-state index contributed by atoms with van der Waals surface area (Å²) >= 11 is 1.64. The highest BCUT2D eigenvalue weighted by Crippen LogP contribution is 2.23. The van der Waals surface area contributed by atoms with Crippen molar-refractivity contribution in [3.8, 4) is 5.75 Å². The largest absolute Gasteiger partial charge is 0.489 e. The first kappa shape index (κ1) is 14.0. The Morgan fingerprint density at radius 2 is 2.21 bits per heavy atom. The highest BCUT2D eigenvalue weighted by molar-refractivity contribution is 7.07.